The highest BCUT2D eigenvalue weighted by molar-refractivity contribution is 5.36. The largest absolute Gasteiger partial charge is 0.324 e. The van der Waals surface area contributed by atoms with E-state index in [1.165, 1.54) is 12.1 Å². The van der Waals surface area contributed by atoms with Crippen LogP contribution in [0.2, 0.25) is 0 Å². The predicted octanol–water partition coefficient (Wildman–Crippen LogP) is 2.44. The number of aromatic nitrogens is 1. The fraction of sp³-hybridized carbons (Fsp3) is 0.214. The molecule has 0 radical (unpaired) electrons. The third kappa shape index (κ3) is 2.56. The summed E-state index contributed by atoms with van der Waals surface area (Å²) in [5.74, 6) is -1.84. The normalized spacial score (nSPS) is 12.5. The van der Waals surface area contributed by atoms with Gasteiger partial charge in [0.05, 0.1) is 0 Å². The average molecular weight is 264 g/mol. The van der Waals surface area contributed by atoms with E-state index < -0.39 is 17.7 Å². The maximum absolute atomic E-state index is 13.3. The van der Waals surface area contributed by atoms with E-state index >= 15 is 0 Å². The van der Waals surface area contributed by atoms with Crippen molar-refractivity contribution in [1.82, 2.24) is 4.57 Å². The maximum Gasteiger partial charge on any atom is 0.186 e. The van der Waals surface area contributed by atoms with Crippen LogP contribution in [0.5, 0.6) is 0 Å². The van der Waals surface area contributed by atoms with Gasteiger partial charge < -0.3 is 10.3 Å². The Balaban J connectivity index is 2.64. The molecule has 3 nitrogen and oxygen atoms in total. The molecule has 0 aliphatic rings. The van der Waals surface area contributed by atoms with Crippen LogP contribution in [0.1, 0.15) is 24.2 Å². The zero-order chi connectivity index (χ0) is 14.2. The highest BCUT2D eigenvalue weighted by Gasteiger charge is 2.10. The van der Waals surface area contributed by atoms with Crippen LogP contribution in [0.3, 0.4) is 0 Å². The smallest absolute Gasteiger partial charge is 0.186 e. The average Bonchev–Trinajstić information content (AvgIpc) is 2.32. The van der Waals surface area contributed by atoms with Crippen molar-refractivity contribution in [2.45, 2.75) is 19.9 Å². The first-order valence-corrected chi connectivity index (χ1v) is 5.84. The van der Waals surface area contributed by atoms with E-state index in [9.17, 15) is 13.6 Å². The number of hydrogen-bond donors (Lipinski definition) is 1. The van der Waals surface area contributed by atoms with Gasteiger partial charge in [0.25, 0.3) is 0 Å². The number of nitrogens with zero attached hydrogens (tertiary/aromatic N) is 1. The minimum atomic E-state index is -0.932. The summed E-state index contributed by atoms with van der Waals surface area (Å²) in [6, 6.07) is 4.58. The second-order valence-electron chi connectivity index (χ2n) is 4.49. The van der Waals surface area contributed by atoms with E-state index in [4.69, 9.17) is 5.73 Å². The number of benzene rings is 1. The second kappa shape index (κ2) is 4.93. The van der Waals surface area contributed by atoms with Gasteiger partial charge in [0, 0.05) is 41.3 Å². The standard InChI is InChI=1S/C14H14F2N2O/c1-8-5-14(19)11(9(2)17)7-18(8)10-3-4-12(15)13(16)6-10/h3-7,9H,17H2,1-2H3. The highest BCUT2D eigenvalue weighted by Crippen LogP contribution is 2.16. The van der Waals surface area contributed by atoms with Crippen molar-refractivity contribution < 1.29 is 8.78 Å². The molecule has 5 heteroatoms. The van der Waals surface area contributed by atoms with Gasteiger partial charge in [-0.3, -0.25) is 4.79 Å². The van der Waals surface area contributed by atoms with Gasteiger partial charge in [-0.05, 0) is 26.0 Å². The van der Waals surface area contributed by atoms with Gasteiger partial charge in [-0.25, -0.2) is 8.78 Å². The van der Waals surface area contributed by atoms with Crippen LogP contribution in [0.25, 0.3) is 5.69 Å². The summed E-state index contributed by atoms with van der Waals surface area (Å²) in [5.41, 5.74) is 7.05. The maximum atomic E-state index is 13.3. The molecule has 0 saturated heterocycles. The second-order valence-corrected chi connectivity index (χ2v) is 4.49. The molecule has 0 aliphatic carbocycles. The molecule has 2 rings (SSSR count). The summed E-state index contributed by atoms with van der Waals surface area (Å²) in [6.07, 6.45) is 1.56. The molecule has 0 fully saturated rings. The minimum absolute atomic E-state index is 0.161. The number of halogens is 2. The number of nitrogens with two attached hydrogens (primary N) is 1. The van der Waals surface area contributed by atoms with Crippen LogP contribution in [0.15, 0.2) is 35.3 Å². The summed E-state index contributed by atoms with van der Waals surface area (Å²) < 4.78 is 27.8. The third-order valence-electron chi connectivity index (χ3n) is 2.94. The van der Waals surface area contributed by atoms with Crippen molar-refractivity contribution in [2.24, 2.45) is 5.73 Å². The molecule has 1 aromatic heterocycles. The van der Waals surface area contributed by atoms with Gasteiger partial charge >= 0.3 is 0 Å². The molecule has 1 unspecified atom stereocenters. The fourth-order valence-electron chi connectivity index (χ4n) is 1.90. The molecule has 100 valence electrons. The molecular weight excluding hydrogens is 250 g/mol. The molecule has 1 heterocycles. The molecule has 0 aliphatic heterocycles. The number of hydrogen-bond acceptors (Lipinski definition) is 2. The molecule has 19 heavy (non-hydrogen) atoms. The molecule has 1 aromatic carbocycles. The van der Waals surface area contributed by atoms with Gasteiger partial charge in [0.2, 0.25) is 0 Å². The first-order valence-electron chi connectivity index (χ1n) is 5.84. The Hall–Kier alpha value is -2.01. The number of pyridine rings is 1. The highest BCUT2D eigenvalue weighted by atomic mass is 19.2. The first-order chi connectivity index (χ1) is 8.90. The van der Waals surface area contributed by atoms with Crippen LogP contribution >= 0.6 is 0 Å². The molecule has 0 bridgehead atoms. The fourth-order valence-corrected chi connectivity index (χ4v) is 1.90. The lowest BCUT2D eigenvalue weighted by Gasteiger charge is -2.14. The van der Waals surface area contributed by atoms with E-state index in [2.05, 4.69) is 0 Å². The zero-order valence-corrected chi connectivity index (χ0v) is 10.7. The van der Waals surface area contributed by atoms with Gasteiger partial charge in [-0.2, -0.15) is 0 Å². The van der Waals surface area contributed by atoms with Gasteiger partial charge in [0.1, 0.15) is 0 Å². The lowest BCUT2D eigenvalue weighted by molar-refractivity contribution is 0.508. The zero-order valence-electron chi connectivity index (χ0n) is 10.7. The van der Waals surface area contributed by atoms with E-state index in [-0.39, 0.29) is 5.43 Å². The van der Waals surface area contributed by atoms with Crippen molar-refractivity contribution in [2.75, 3.05) is 0 Å². The SMILES string of the molecule is Cc1cc(=O)c(C(C)N)cn1-c1ccc(F)c(F)c1. The van der Waals surface area contributed by atoms with Crippen LogP contribution in [0.4, 0.5) is 8.78 Å². The molecule has 1 atom stereocenters. The minimum Gasteiger partial charge on any atom is -0.324 e. The van der Waals surface area contributed by atoms with E-state index in [1.807, 2.05) is 0 Å². The molecule has 0 amide bonds. The van der Waals surface area contributed by atoms with Crippen molar-refractivity contribution >= 4 is 0 Å². The lowest BCUT2D eigenvalue weighted by atomic mass is 10.1. The Kier molecular flexibility index (Phi) is 3.48. The quantitative estimate of drug-likeness (QED) is 0.905. The Morgan fingerprint density at radius 1 is 1.21 bits per heavy atom. The first kappa shape index (κ1) is 13.4. The molecular formula is C14H14F2N2O. The summed E-state index contributed by atoms with van der Waals surface area (Å²) in [5, 5.41) is 0. The third-order valence-corrected chi connectivity index (χ3v) is 2.94. The van der Waals surface area contributed by atoms with Crippen molar-refractivity contribution in [3.8, 4) is 5.69 Å². The van der Waals surface area contributed by atoms with E-state index in [0.717, 1.165) is 12.1 Å². The van der Waals surface area contributed by atoms with Crippen molar-refractivity contribution in [1.29, 1.82) is 0 Å². The van der Waals surface area contributed by atoms with Gasteiger partial charge in [-0.1, -0.05) is 0 Å². The Morgan fingerprint density at radius 3 is 2.47 bits per heavy atom. The Bertz CT molecular complexity index is 678. The summed E-state index contributed by atoms with van der Waals surface area (Å²) in [6.45, 7) is 3.41. The van der Waals surface area contributed by atoms with Crippen molar-refractivity contribution in [3.63, 3.8) is 0 Å². The number of aryl methyl sites for hydroxylation is 1. The monoisotopic (exact) mass is 264 g/mol. The predicted molar refractivity (Wildman–Crippen MR) is 69.3 cm³/mol. The lowest BCUT2D eigenvalue weighted by Crippen LogP contribution is -2.20. The van der Waals surface area contributed by atoms with Crippen LogP contribution in [-0.2, 0) is 0 Å². The summed E-state index contributed by atoms with van der Waals surface area (Å²) >= 11 is 0. The molecule has 2 aromatic rings. The molecule has 0 saturated carbocycles. The Morgan fingerprint density at radius 2 is 1.89 bits per heavy atom. The summed E-state index contributed by atoms with van der Waals surface area (Å²) in [4.78, 5) is 11.8. The van der Waals surface area contributed by atoms with Crippen LogP contribution < -0.4 is 11.2 Å². The van der Waals surface area contributed by atoms with Crippen LogP contribution in [-0.4, -0.2) is 4.57 Å². The van der Waals surface area contributed by atoms with Gasteiger partial charge in [0.15, 0.2) is 17.1 Å². The molecule has 0 spiro atoms. The van der Waals surface area contributed by atoms with E-state index in [0.29, 0.717) is 16.9 Å². The summed E-state index contributed by atoms with van der Waals surface area (Å²) in [7, 11) is 0. The molecule has 2 N–H and O–H groups in total. The number of rotatable bonds is 2. The van der Waals surface area contributed by atoms with Crippen LogP contribution in [0, 0.1) is 18.6 Å². The van der Waals surface area contributed by atoms with Crippen molar-refractivity contribution in [3.05, 3.63) is 63.6 Å². The van der Waals surface area contributed by atoms with Gasteiger partial charge in [-0.15, -0.1) is 0 Å². The van der Waals surface area contributed by atoms with E-state index in [1.54, 1.807) is 24.6 Å². The Labute approximate surface area is 109 Å². The topological polar surface area (TPSA) is 48.0 Å².